The Hall–Kier alpha value is -1.95. The number of hydrogen-bond acceptors (Lipinski definition) is 4. The van der Waals surface area contributed by atoms with Crippen LogP contribution in [0.3, 0.4) is 0 Å². The van der Waals surface area contributed by atoms with Crippen molar-refractivity contribution in [1.29, 1.82) is 0 Å². The van der Waals surface area contributed by atoms with Crippen molar-refractivity contribution in [3.8, 4) is 11.5 Å². The van der Waals surface area contributed by atoms with Gasteiger partial charge in [-0.1, -0.05) is 0 Å². The smallest absolute Gasteiger partial charge is 0.165 e. The molecule has 0 aliphatic rings. The molecule has 0 aliphatic heterocycles. The molecule has 3 aromatic rings. The summed E-state index contributed by atoms with van der Waals surface area (Å²) in [7, 11) is 0. The molecule has 102 valence electrons. The topological polar surface area (TPSA) is 52.8 Å². The molecule has 0 aromatic carbocycles. The molecule has 20 heavy (non-hydrogen) atoms. The Labute approximate surface area is 124 Å². The van der Waals surface area contributed by atoms with E-state index in [0.717, 1.165) is 15.5 Å². The van der Waals surface area contributed by atoms with Gasteiger partial charge in [0.1, 0.15) is 5.52 Å². The third kappa shape index (κ3) is 2.51. The molecule has 3 aromatic heterocycles. The van der Waals surface area contributed by atoms with Crippen molar-refractivity contribution in [1.82, 2.24) is 19.7 Å². The van der Waals surface area contributed by atoms with Crippen molar-refractivity contribution in [2.45, 2.75) is 19.9 Å². The van der Waals surface area contributed by atoms with Gasteiger partial charge >= 0.3 is 0 Å². The highest BCUT2D eigenvalue weighted by Gasteiger charge is 2.08. The summed E-state index contributed by atoms with van der Waals surface area (Å²) in [5.41, 5.74) is 1.51. The normalized spacial score (nSPS) is 11.2. The Balaban J connectivity index is 1.97. The zero-order valence-corrected chi connectivity index (χ0v) is 12.7. The molecule has 0 amide bonds. The Morgan fingerprint density at radius 1 is 1.25 bits per heavy atom. The molecule has 3 heterocycles. The largest absolute Gasteiger partial charge is 0.452 e. The highest BCUT2D eigenvalue weighted by molar-refractivity contribution is 9.10. The van der Waals surface area contributed by atoms with Crippen LogP contribution >= 0.6 is 15.9 Å². The minimum atomic E-state index is 0.301. The van der Waals surface area contributed by atoms with E-state index < -0.39 is 0 Å². The van der Waals surface area contributed by atoms with Crippen molar-refractivity contribution >= 4 is 27.0 Å². The lowest BCUT2D eigenvalue weighted by atomic mass is 10.3. The van der Waals surface area contributed by atoms with Crippen LogP contribution in [-0.4, -0.2) is 19.7 Å². The maximum Gasteiger partial charge on any atom is 0.165 e. The van der Waals surface area contributed by atoms with Gasteiger partial charge in [0.25, 0.3) is 0 Å². The quantitative estimate of drug-likeness (QED) is 0.728. The molecule has 3 rings (SSSR count). The summed E-state index contributed by atoms with van der Waals surface area (Å²) in [4.78, 5) is 8.64. The standard InChI is InChI=1S/C14H13BrN4O/c1-9(2)19-8-11(7-18-19)20-13-3-4-16-12-5-10(15)6-17-14(12)13/h3-9H,1-2H3. The first kappa shape index (κ1) is 13.1. The van der Waals surface area contributed by atoms with E-state index in [2.05, 4.69) is 44.8 Å². The predicted octanol–water partition coefficient (Wildman–Crippen LogP) is 3.96. The van der Waals surface area contributed by atoms with Gasteiger partial charge in [0.2, 0.25) is 0 Å². The van der Waals surface area contributed by atoms with Gasteiger partial charge in [-0.2, -0.15) is 5.10 Å². The van der Waals surface area contributed by atoms with Crippen LogP contribution in [0.15, 0.2) is 41.4 Å². The number of fused-ring (bicyclic) bond motifs is 1. The Morgan fingerprint density at radius 3 is 2.85 bits per heavy atom. The lowest BCUT2D eigenvalue weighted by Gasteiger charge is -2.06. The maximum atomic E-state index is 5.86. The second kappa shape index (κ2) is 5.20. The summed E-state index contributed by atoms with van der Waals surface area (Å²) in [6.07, 6.45) is 7.01. The monoisotopic (exact) mass is 332 g/mol. The van der Waals surface area contributed by atoms with E-state index in [-0.39, 0.29) is 0 Å². The summed E-state index contributed by atoms with van der Waals surface area (Å²) in [6.45, 7) is 4.13. The van der Waals surface area contributed by atoms with E-state index in [4.69, 9.17) is 4.74 Å². The van der Waals surface area contributed by atoms with Gasteiger partial charge in [-0.25, -0.2) is 4.98 Å². The van der Waals surface area contributed by atoms with Crippen LogP contribution in [0.4, 0.5) is 0 Å². The van der Waals surface area contributed by atoms with E-state index >= 15 is 0 Å². The SMILES string of the molecule is CC(C)n1cc(Oc2ccnc3cc(Br)cnc23)cn1. The van der Waals surface area contributed by atoms with Crippen LogP contribution in [0.5, 0.6) is 11.5 Å². The van der Waals surface area contributed by atoms with Crippen LogP contribution in [-0.2, 0) is 0 Å². The summed E-state index contributed by atoms with van der Waals surface area (Å²) in [5, 5.41) is 4.25. The van der Waals surface area contributed by atoms with Crippen molar-refractivity contribution < 1.29 is 4.74 Å². The molecule has 0 radical (unpaired) electrons. The van der Waals surface area contributed by atoms with Crippen molar-refractivity contribution in [3.63, 3.8) is 0 Å². The molecule has 0 saturated carbocycles. The predicted molar refractivity (Wildman–Crippen MR) is 79.9 cm³/mol. The number of ether oxygens (including phenoxy) is 1. The minimum Gasteiger partial charge on any atom is -0.452 e. The average Bonchev–Trinajstić information content (AvgIpc) is 2.87. The van der Waals surface area contributed by atoms with E-state index in [1.807, 2.05) is 16.9 Å². The Morgan fingerprint density at radius 2 is 2.10 bits per heavy atom. The van der Waals surface area contributed by atoms with Crippen LogP contribution < -0.4 is 4.74 Å². The van der Waals surface area contributed by atoms with Crippen LogP contribution in [0, 0.1) is 0 Å². The van der Waals surface area contributed by atoms with Gasteiger partial charge < -0.3 is 4.74 Å². The number of rotatable bonds is 3. The second-order valence-corrected chi connectivity index (χ2v) is 5.60. The number of hydrogen-bond donors (Lipinski definition) is 0. The number of halogens is 1. The Kier molecular flexibility index (Phi) is 3.40. The molecule has 0 unspecified atom stereocenters. The van der Waals surface area contributed by atoms with Gasteiger partial charge in [-0.15, -0.1) is 0 Å². The fraction of sp³-hybridized carbons (Fsp3) is 0.214. The van der Waals surface area contributed by atoms with Gasteiger partial charge in [0.05, 0.1) is 17.9 Å². The van der Waals surface area contributed by atoms with E-state index in [0.29, 0.717) is 17.5 Å². The summed E-state index contributed by atoms with van der Waals surface area (Å²) < 4.78 is 8.60. The second-order valence-electron chi connectivity index (χ2n) is 4.68. The first-order valence-corrected chi connectivity index (χ1v) is 7.05. The van der Waals surface area contributed by atoms with Crippen molar-refractivity contribution in [2.24, 2.45) is 0 Å². The van der Waals surface area contributed by atoms with E-state index in [1.54, 1.807) is 24.7 Å². The molecular formula is C14H13BrN4O. The van der Waals surface area contributed by atoms with Crippen LogP contribution in [0.1, 0.15) is 19.9 Å². The minimum absolute atomic E-state index is 0.301. The van der Waals surface area contributed by atoms with E-state index in [1.165, 1.54) is 0 Å². The van der Waals surface area contributed by atoms with Gasteiger partial charge in [-0.05, 0) is 35.8 Å². The third-order valence-electron chi connectivity index (χ3n) is 2.84. The number of nitrogens with zero attached hydrogens (tertiary/aromatic N) is 4. The summed E-state index contributed by atoms with van der Waals surface area (Å²) >= 11 is 3.39. The highest BCUT2D eigenvalue weighted by atomic mass is 79.9. The van der Waals surface area contributed by atoms with Crippen molar-refractivity contribution in [3.05, 3.63) is 41.4 Å². The molecule has 0 aliphatic carbocycles. The first-order valence-electron chi connectivity index (χ1n) is 6.26. The molecule has 0 spiro atoms. The zero-order valence-electron chi connectivity index (χ0n) is 11.1. The molecule has 0 saturated heterocycles. The van der Waals surface area contributed by atoms with Gasteiger partial charge in [0, 0.05) is 29.0 Å². The highest BCUT2D eigenvalue weighted by Crippen LogP contribution is 2.28. The Bertz CT molecular complexity index is 754. The fourth-order valence-electron chi connectivity index (χ4n) is 1.85. The van der Waals surface area contributed by atoms with Crippen molar-refractivity contribution in [2.75, 3.05) is 0 Å². The van der Waals surface area contributed by atoms with E-state index in [9.17, 15) is 0 Å². The summed E-state index contributed by atoms with van der Waals surface area (Å²) in [5.74, 6) is 1.36. The van der Waals surface area contributed by atoms with Gasteiger partial charge in [0.15, 0.2) is 11.5 Å². The molecule has 0 atom stereocenters. The first-order chi connectivity index (χ1) is 9.63. The lowest BCUT2D eigenvalue weighted by molar-refractivity contribution is 0.480. The van der Waals surface area contributed by atoms with Crippen LogP contribution in [0.25, 0.3) is 11.0 Å². The molecular weight excluding hydrogens is 320 g/mol. The number of pyridine rings is 2. The molecule has 5 nitrogen and oxygen atoms in total. The molecule has 0 N–H and O–H groups in total. The number of aromatic nitrogens is 4. The average molecular weight is 333 g/mol. The maximum absolute atomic E-state index is 5.86. The molecule has 0 fully saturated rings. The summed E-state index contributed by atoms with van der Waals surface area (Å²) in [6, 6.07) is 4.01. The van der Waals surface area contributed by atoms with Gasteiger partial charge in [-0.3, -0.25) is 9.67 Å². The van der Waals surface area contributed by atoms with Crippen LogP contribution in [0.2, 0.25) is 0 Å². The third-order valence-corrected chi connectivity index (χ3v) is 3.28. The fourth-order valence-corrected chi connectivity index (χ4v) is 2.17. The molecule has 6 heteroatoms. The zero-order chi connectivity index (χ0) is 14.1. The molecule has 0 bridgehead atoms. The lowest BCUT2D eigenvalue weighted by Crippen LogP contribution is -1.99.